The highest BCUT2D eigenvalue weighted by Crippen LogP contribution is 2.51. The van der Waals surface area contributed by atoms with E-state index >= 15 is 0 Å². The van der Waals surface area contributed by atoms with Crippen LogP contribution in [0.3, 0.4) is 0 Å². The van der Waals surface area contributed by atoms with Gasteiger partial charge in [-0.2, -0.15) is 0 Å². The number of aliphatic hydroxyl groups excluding tert-OH is 1. The van der Waals surface area contributed by atoms with Crippen molar-refractivity contribution in [2.45, 2.75) is 33.3 Å². The fourth-order valence-corrected chi connectivity index (χ4v) is 4.69. The molecule has 4 saturated heterocycles. The minimum Gasteiger partial charge on any atom is -0.392 e. The monoisotopic (exact) mass is 238 g/mol. The Bertz CT molecular complexity index is 301. The van der Waals surface area contributed by atoms with Gasteiger partial charge in [0.2, 0.25) is 0 Å². The van der Waals surface area contributed by atoms with Gasteiger partial charge in [0, 0.05) is 50.1 Å². The van der Waals surface area contributed by atoms with Crippen LogP contribution in [0, 0.1) is 16.7 Å². The Labute approximate surface area is 105 Å². The van der Waals surface area contributed by atoms with Crippen LogP contribution in [0.5, 0.6) is 0 Å². The molecule has 98 valence electrons. The lowest BCUT2D eigenvalue weighted by Gasteiger charge is -2.60. The summed E-state index contributed by atoms with van der Waals surface area (Å²) in [6, 6.07) is 0. The molecule has 0 aliphatic carbocycles. The molecule has 4 heterocycles. The molecular weight excluding hydrogens is 212 g/mol. The van der Waals surface area contributed by atoms with Gasteiger partial charge in [0.1, 0.15) is 0 Å². The molecule has 0 aromatic rings. The van der Waals surface area contributed by atoms with E-state index in [-0.39, 0.29) is 16.9 Å². The molecule has 0 saturated carbocycles. The number of hydrogen-bond acceptors (Lipinski definition) is 3. The minimum absolute atomic E-state index is 0.0937. The van der Waals surface area contributed by atoms with Gasteiger partial charge in [-0.05, 0) is 5.92 Å². The first-order valence-electron chi connectivity index (χ1n) is 7.13. The lowest BCUT2D eigenvalue weighted by atomic mass is 9.57. The highest BCUT2D eigenvalue weighted by molar-refractivity contribution is 5.12. The normalized spacial score (nSPS) is 54.7. The first kappa shape index (κ1) is 11.9. The van der Waals surface area contributed by atoms with Crippen LogP contribution in [0.15, 0.2) is 0 Å². The number of nitrogens with zero attached hydrogens (tertiary/aromatic N) is 2. The average molecular weight is 238 g/mol. The molecular formula is C14H26N2O. The third kappa shape index (κ3) is 1.52. The molecule has 4 fully saturated rings. The number of fused-ring (bicyclic) bond motifs is 1. The molecule has 4 aliphatic heterocycles. The van der Waals surface area contributed by atoms with Crippen LogP contribution in [0.1, 0.15) is 27.2 Å². The zero-order valence-electron chi connectivity index (χ0n) is 11.4. The number of piperidine rings is 2. The first-order chi connectivity index (χ1) is 8.00. The van der Waals surface area contributed by atoms with Gasteiger partial charge in [-0.15, -0.1) is 0 Å². The number of aliphatic hydroxyl groups is 1. The molecule has 17 heavy (non-hydrogen) atoms. The average Bonchev–Trinajstić information content (AvgIpc) is 2.51. The number of hydrogen-bond donors (Lipinski definition) is 1. The summed E-state index contributed by atoms with van der Waals surface area (Å²) in [5.74, 6) is 0.612. The fourth-order valence-electron chi connectivity index (χ4n) is 4.69. The second kappa shape index (κ2) is 3.69. The lowest BCUT2D eigenvalue weighted by molar-refractivity contribution is -0.182. The van der Waals surface area contributed by atoms with Gasteiger partial charge >= 0.3 is 0 Å². The molecule has 4 rings (SSSR count). The summed E-state index contributed by atoms with van der Waals surface area (Å²) in [5.41, 5.74) is 0.215. The predicted molar refractivity (Wildman–Crippen MR) is 68.9 cm³/mol. The van der Waals surface area contributed by atoms with Gasteiger partial charge in [-0.3, -0.25) is 0 Å². The van der Waals surface area contributed by atoms with E-state index in [1.807, 2.05) is 0 Å². The Balaban J connectivity index is 2.03. The second-order valence-electron chi connectivity index (χ2n) is 7.02. The molecule has 0 amide bonds. The van der Waals surface area contributed by atoms with Crippen LogP contribution in [0.2, 0.25) is 0 Å². The molecule has 0 radical (unpaired) electrons. The van der Waals surface area contributed by atoms with E-state index in [0.717, 1.165) is 26.2 Å². The van der Waals surface area contributed by atoms with Crippen LogP contribution in [0.4, 0.5) is 0 Å². The van der Waals surface area contributed by atoms with E-state index in [4.69, 9.17) is 0 Å². The lowest BCUT2D eigenvalue weighted by Crippen LogP contribution is -2.70. The van der Waals surface area contributed by atoms with Gasteiger partial charge in [0.25, 0.3) is 0 Å². The van der Waals surface area contributed by atoms with Gasteiger partial charge in [0.05, 0.1) is 6.10 Å². The van der Waals surface area contributed by atoms with E-state index in [0.29, 0.717) is 5.92 Å². The number of rotatable bonds is 2. The van der Waals surface area contributed by atoms with Crippen molar-refractivity contribution < 1.29 is 5.11 Å². The van der Waals surface area contributed by atoms with Crippen molar-refractivity contribution in [1.29, 1.82) is 0 Å². The SMILES string of the molecule is CC[C@@H](C)C12CN3CCN(CC(C)(C3)[C@@H]1O)C2. The fraction of sp³-hybridized carbons (Fsp3) is 1.00. The molecule has 4 aliphatic rings. The summed E-state index contributed by atoms with van der Waals surface area (Å²) in [5, 5.41) is 10.9. The summed E-state index contributed by atoms with van der Waals surface area (Å²) >= 11 is 0. The molecule has 0 aromatic carbocycles. The van der Waals surface area contributed by atoms with Gasteiger partial charge in [-0.25, -0.2) is 0 Å². The summed E-state index contributed by atoms with van der Waals surface area (Å²) in [6.45, 7) is 13.7. The second-order valence-corrected chi connectivity index (χ2v) is 7.02. The van der Waals surface area contributed by atoms with E-state index in [9.17, 15) is 5.11 Å². The van der Waals surface area contributed by atoms with Crippen molar-refractivity contribution in [3.8, 4) is 0 Å². The Morgan fingerprint density at radius 2 is 1.71 bits per heavy atom. The van der Waals surface area contributed by atoms with Crippen molar-refractivity contribution in [2.24, 2.45) is 16.7 Å². The van der Waals surface area contributed by atoms with Crippen molar-refractivity contribution >= 4 is 0 Å². The zero-order chi connectivity index (χ0) is 12.3. The maximum Gasteiger partial charge on any atom is 0.0701 e. The molecule has 2 unspecified atom stereocenters. The Morgan fingerprint density at radius 1 is 1.18 bits per heavy atom. The van der Waals surface area contributed by atoms with Crippen molar-refractivity contribution in [3.05, 3.63) is 0 Å². The summed E-state index contributed by atoms with van der Waals surface area (Å²) in [7, 11) is 0. The van der Waals surface area contributed by atoms with Crippen LogP contribution < -0.4 is 0 Å². The Hall–Kier alpha value is -0.120. The minimum atomic E-state index is -0.115. The molecule has 0 aromatic heterocycles. The third-order valence-corrected chi connectivity index (χ3v) is 5.74. The van der Waals surface area contributed by atoms with E-state index in [1.54, 1.807) is 0 Å². The molecule has 3 heteroatoms. The van der Waals surface area contributed by atoms with E-state index in [1.165, 1.54) is 19.5 Å². The molecule has 4 bridgehead atoms. The molecule has 0 spiro atoms. The maximum atomic E-state index is 10.9. The summed E-state index contributed by atoms with van der Waals surface area (Å²) in [4.78, 5) is 5.21. The quantitative estimate of drug-likeness (QED) is 0.778. The van der Waals surface area contributed by atoms with Gasteiger partial charge in [-0.1, -0.05) is 27.2 Å². The highest BCUT2D eigenvalue weighted by atomic mass is 16.3. The van der Waals surface area contributed by atoms with Crippen LogP contribution in [-0.4, -0.2) is 60.3 Å². The van der Waals surface area contributed by atoms with Crippen molar-refractivity contribution in [1.82, 2.24) is 9.80 Å². The smallest absolute Gasteiger partial charge is 0.0701 e. The van der Waals surface area contributed by atoms with E-state index in [2.05, 4.69) is 30.6 Å². The molecule has 1 N–H and O–H groups in total. The van der Waals surface area contributed by atoms with E-state index < -0.39 is 0 Å². The van der Waals surface area contributed by atoms with Crippen molar-refractivity contribution in [2.75, 3.05) is 39.3 Å². The van der Waals surface area contributed by atoms with Crippen LogP contribution in [0.25, 0.3) is 0 Å². The molecule has 4 atom stereocenters. The largest absolute Gasteiger partial charge is 0.392 e. The third-order valence-electron chi connectivity index (χ3n) is 5.74. The van der Waals surface area contributed by atoms with Crippen molar-refractivity contribution in [3.63, 3.8) is 0 Å². The topological polar surface area (TPSA) is 26.7 Å². The predicted octanol–water partition coefficient (Wildman–Crippen LogP) is 1.03. The van der Waals surface area contributed by atoms with Gasteiger partial charge in [0.15, 0.2) is 0 Å². The first-order valence-corrected chi connectivity index (χ1v) is 7.13. The Kier molecular flexibility index (Phi) is 2.59. The van der Waals surface area contributed by atoms with Crippen LogP contribution >= 0.6 is 0 Å². The summed E-state index contributed by atoms with van der Waals surface area (Å²) < 4.78 is 0. The summed E-state index contributed by atoms with van der Waals surface area (Å²) in [6.07, 6.45) is 1.06. The standard InChI is InChI=1S/C14H26N2O/c1-4-11(2)14-9-15-5-6-16(10-14)8-13(3,7-15)12(14)17/h11-12,17H,4-10H2,1-3H3/t11-,12+,13?,14?/m1/s1. The maximum absolute atomic E-state index is 10.9. The zero-order valence-corrected chi connectivity index (χ0v) is 11.4. The van der Waals surface area contributed by atoms with Gasteiger partial charge < -0.3 is 14.9 Å². The highest BCUT2D eigenvalue weighted by Gasteiger charge is 2.60. The Morgan fingerprint density at radius 3 is 2.18 bits per heavy atom. The molecule has 3 nitrogen and oxygen atoms in total. The van der Waals surface area contributed by atoms with Crippen LogP contribution in [-0.2, 0) is 0 Å².